The molecule has 0 atom stereocenters. The van der Waals surface area contributed by atoms with E-state index in [4.69, 9.17) is 0 Å². The third-order valence-corrected chi connectivity index (χ3v) is 6.05. The summed E-state index contributed by atoms with van der Waals surface area (Å²) in [6, 6.07) is 13.8. The molecular weight excluding hydrogens is 390 g/mol. The quantitative estimate of drug-likeness (QED) is 0.468. The number of carbonyl (C=O) groups is 2. The fourth-order valence-corrected chi connectivity index (χ4v) is 4.11. The molecular formula is C21H23N3O4S. The van der Waals surface area contributed by atoms with E-state index in [1.165, 1.54) is 25.1 Å². The maximum atomic E-state index is 12.3. The molecule has 0 aliphatic rings. The summed E-state index contributed by atoms with van der Waals surface area (Å²) >= 11 is 0. The van der Waals surface area contributed by atoms with Crippen molar-refractivity contribution in [1.29, 1.82) is 0 Å². The number of hydrogen-bond donors (Lipinski definition) is 3. The molecule has 0 saturated carbocycles. The summed E-state index contributed by atoms with van der Waals surface area (Å²) in [6.45, 7) is 1.82. The lowest BCUT2D eigenvalue weighted by Gasteiger charge is -2.08. The van der Waals surface area contributed by atoms with Gasteiger partial charge in [-0.05, 0) is 37.1 Å². The fraction of sp³-hybridized carbons (Fsp3) is 0.238. The molecule has 8 heteroatoms. The van der Waals surface area contributed by atoms with Crippen LogP contribution in [-0.4, -0.2) is 38.2 Å². The largest absolute Gasteiger partial charge is 0.361 e. The number of hydrogen-bond acceptors (Lipinski definition) is 4. The Labute approximate surface area is 169 Å². The molecule has 2 aromatic carbocycles. The van der Waals surface area contributed by atoms with Crippen molar-refractivity contribution < 1.29 is 18.0 Å². The van der Waals surface area contributed by atoms with Crippen LogP contribution in [0.2, 0.25) is 0 Å². The van der Waals surface area contributed by atoms with Crippen LogP contribution in [0.5, 0.6) is 0 Å². The monoisotopic (exact) mass is 413 g/mol. The molecule has 0 spiro atoms. The van der Waals surface area contributed by atoms with E-state index in [0.29, 0.717) is 18.5 Å². The van der Waals surface area contributed by atoms with Gasteiger partial charge < -0.3 is 10.3 Å². The van der Waals surface area contributed by atoms with Gasteiger partial charge in [0.1, 0.15) is 0 Å². The number of aromatic nitrogens is 1. The van der Waals surface area contributed by atoms with E-state index in [1.807, 2.05) is 30.5 Å². The first kappa shape index (κ1) is 20.8. The van der Waals surface area contributed by atoms with E-state index in [2.05, 4.69) is 15.0 Å². The minimum Gasteiger partial charge on any atom is -0.361 e. The average molecular weight is 413 g/mol. The lowest BCUT2D eigenvalue weighted by molar-refractivity contribution is -0.120. The van der Waals surface area contributed by atoms with Gasteiger partial charge in [0, 0.05) is 42.2 Å². The highest BCUT2D eigenvalue weighted by Crippen LogP contribution is 2.17. The molecule has 3 aromatic rings. The van der Waals surface area contributed by atoms with E-state index in [9.17, 15) is 18.0 Å². The van der Waals surface area contributed by atoms with Crippen LogP contribution in [0.1, 0.15) is 29.3 Å². The van der Waals surface area contributed by atoms with Crippen molar-refractivity contribution in [3.8, 4) is 0 Å². The minimum absolute atomic E-state index is 0.00458. The highest BCUT2D eigenvalue weighted by molar-refractivity contribution is 7.89. The third-order valence-electron chi connectivity index (χ3n) is 4.59. The third kappa shape index (κ3) is 5.30. The van der Waals surface area contributed by atoms with E-state index in [1.54, 1.807) is 6.07 Å². The van der Waals surface area contributed by atoms with E-state index < -0.39 is 10.0 Å². The number of aromatic amines is 1. The summed E-state index contributed by atoms with van der Waals surface area (Å²) in [5.74, 6) is -0.443. The number of fused-ring (bicyclic) bond motifs is 1. The highest BCUT2D eigenvalue weighted by atomic mass is 32.2. The summed E-state index contributed by atoms with van der Waals surface area (Å²) < 4.78 is 27.0. The lowest BCUT2D eigenvalue weighted by Crippen LogP contribution is -2.31. The molecule has 3 rings (SSSR count). The first-order chi connectivity index (χ1) is 13.9. The topological polar surface area (TPSA) is 108 Å². The average Bonchev–Trinajstić information content (AvgIpc) is 3.11. The van der Waals surface area contributed by atoms with Crippen LogP contribution in [-0.2, 0) is 21.2 Å². The Morgan fingerprint density at radius 2 is 1.83 bits per heavy atom. The van der Waals surface area contributed by atoms with Gasteiger partial charge in [0.15, 0.2) is 5.78 Å². The molecule has 29 heavy (non-hydrogen) atoms. The van der Waals surface area contributed by atoms with E-state index >= 15 is 0 Å². The van der Waals surface area contributed by atoms with Crippen molar-refractivity contribution in [3.05, 3.63) is 65.9 Å². The van der Waals surface area contributed by atoms with Crippen LogP contribution in [0.25, 0.3) is 10.9 Å². The van der Waals surface area contributed by atoms with Gasteiger partial charge in [0.05, 0.1) is 4.90 Å². The van der Waals surface area contributed by atoms with Crippen molar-refractivity contribution in [2.24, 2.45) is 0 Å². The van der Waals surface area contributed by atoms with Gasteiger partial charge in [-0.1, -0.05) is 30.3 Å². The first-order valence-electron chi connectivity index (χ1n) is 9.29. The molecule has 3 N–H and O–H groups in total. The second kappa shape index (κ2) is 9.02. The summed E-state index contributed by atoms with van der Waals surface area (Å²) in [4.78, 5) is 26.6. The molecule has 1 aromatic heterocycles. The smallest absolute Gasteiger partial charge is 0.240 e. The molecule has 0 aliphatic heterocycles. The number of para-hydroxylation sites is 1. The van der Waals surface area contributed by atoms with Gasteiger partial charge in [0.2, 0.25) is 15.9 Å². The minimum atomic E-state index is -3.78. The number of sulfonamides is 1. The first-order valence-corrected chi connectivity index (χ1v) is 10.8. The van der Waals surface area contributed by atoms with Gasteiger partial charge in [-0.3, -0.25) is 9.59 Å². The summed E-state index contributed by atoms with van der Waals surface area (Å²) in [7, 11) is -3.78. The Morgan fingerprint density at radius 3 is 2.62 bits per heavy atom. The Hall–Kier alpha value is -2.97. The number of ketones is 1. The molecule has 0 saturated heterocycles. The van der Waals surface area contributed by atoms with Gasteiger partial charge >= 0.3 is 0 Å². The molecule has 7 nitrogen and oxygen atoms in total. The maximum Gasteiger partial charge on any atom is 0.240 e. The van der Waals surface area contributed by atoms with Crippen LogP contribution in [0, 0.1) is 0 Å². The van der Waals surface area contributed by atoms with Crippen molar-refractivity contribution in [2.45, 2.75) is 24.7 Å². The Bertz CT molecular complexity index is 1140. The van der Waals surface area contributed by atoms with Crippen LogP contribution < -0.4 is 10.0 Å². The molecule has 0 unspecified atom stereocenters. The number of benzene rings is 2. The number of H-pyrrole nitrogens is 1. The molecule has 0 bridgehead atoms. The number of carbonyl (C=O) groups excluding carboxylic acids is 2. The zero-order chi connectivity index (χ0) is 20.9. The van der Waals surface area contributed by atoms with Crippen molar-refractivity contribution in [2.75, 3.05) is 13.1 Å². The molecule has 1 heterocycles. The molecule has 152 valence electrons. The van der Waals surface area contributed by atoms with Crippen LogP contribution >= 0.6 is 0 Å². The SMILES string of the molecule is CC(=O)c1cccc(S(=O)(=O)NCCC(=O)NCCc2c[nH]c3ccccc23)c1. The number of Topliss-reactive ketones (excluding diaryl/α,β-unsaturated/α-hetero) is 1. The summed E-state index contributed by atoms with van der Waals surface area (Å²) in [5.41, 5.74) is 2.49. The fourth-order valence-electron chi connectivity index (χ4n) is 3.03. The van der Waals surface area contributed by atoms with Crippen molar-refractivity contribution >= 4 is 32.6 Å². The molecule has 0 fully saturated rings. The zero-order valence-corrected chi connectivity index (χ0v) is 16.9. The maximum absolute atomic E-state index is 12.3. The summed E-state index contributed by atoms with van der Waals surface area (Å²) in [5, 5.41) is 3.93. The highest BCUT2D eigenvalue weighted by Gasteiger charge is 2.15. The lowest BCUT2D eigenvalue weighted by atomic mass is 10.1. The van der Waals surface area contributed by atoms with Crippen molar-refractivity contribution in [1.82, 2.24) is 15.0 Å². The predicted octanol–water partition coefficient (Wildman–Crippen LogP) is 2.40. The van der Waals surface area contributed by atoms with Gasteiger partial charge in [0.25, 0.3) is 0 Å². The predicted molar refractivity (Wildman–Crippen MR) is 111 cm³/mol. The Kier molecular flexibility index (Phi) is 6.46. The molecule has 0 aliphatic carbocycles. The van der Waals surface area contributed by atoms with Crippen molar-refractivity contribution in [3.63, 3.8) is 0 Å². The van der Waals surface area contributed by atoms with Crippen LogP contribution in [0.3, 0.4) is 0 Å². The molecule has 0 radical (unpaired) electrons. The Balaban J connectivity index is 1.46. The normalized spacial score (nSPS) is 11.5. The number of nitrogens with one attached hydrogen (secondary N) is 3. The Morgan fingerprint density at radius 1 is 1.03 bits per heavy atom. The number of amides is 1. The van der Waals surface area contributed by atoms with E-state index in [0.717, 1.165) is 16.5 Å². The second-order valence-electron chi connectivity index (χ2n) is 6.69. The van der Waals surface area contributed by atoms with Gasteiger partial charge in [-0.15, -0.1) is 0 Å². The van der Waals surface area contributed by atoms with Crippen LogP contribution in [0.15, 0.2) is 59.6 Å². The van der Waals surface area contributed by atoms with E-state index in [-0.39, 0.29) is 29.6 Å². The zero-order valence-electron chi connectivity index (χ0n) is 16.1. The molecule has 1 amide bonds. The van der Waals surface area contributed by atoms with Gasteiger partial charge in [-0.25, -0.2) is 13.1 Å². The summed E-state index contributed by atoms with van der Waals surface area (Å²) in [6.07, 6.45) is 2.64. The van der Waals surface area contributed by atoms with Crippen LogP contribution in [0.4, 0.5) is 0 Å². The standard InChI is InChI=1S/C21H23N3O4S/c1-15(25)16-5-4-6-18(13-16)29(27,28)24-12-10-21(26)22-11-9-17-14-23-20-8-3-2-7-19(17)20/h2-8,13-14,23-24H,9-12H2,1H3,(H,22,26). The van der Waals surface area contributed by atoms with Gasteiger partial charge in [-0.2, -0.15) is 0 Å². The number of rotatable bonds is 9. The second-order valence-corrected chi connectivity index (χ2v) is 8.46.